The van der Waals surface area contributed by atoms with Crippen LogP contribution in [-0.4, -0.2) is 17.1 Å². The smallest absolute Gasteiger partial charge is 0.131 e. The molecule has 0 aliphatic heterocycles. The first-order valence-corrected chi connectivity index (χ1v) is 16.4. The van der Waals surface area contributed by atoms with E-state index in [4.69, 9.17) is 9.47 Å². The van der Waals surface area contributed by atoms with Gasteiger partial charge in [-0.05, 0) is 83.6 Å². The molecular formula is C35H33N3O3S2. The van der Waals surface area contributed by atoms with Gasteiger partial charge in [0.1, 0.15) is 28.2 Å². The zero-order chi connectivity index (χ0) is 30.0. The maximum Gasteiger partial charge on any atom is 0.131 e. The van der Waals surface area contributed by atoms with Crippen LogP contribution in [0.2, 0.25) is 0 Å². The van der Waals surface area contributed by atoms with Gasteiger partial charge in [-0.2, -0.15) is 5.26 Å². The van der Waals surface area contributed by atoms with Gasteiger partial charge in [0, 0.05) is 42.4 Å². The van der Waals surface area contributed by atoms with Gasteiger partial charge in [-0.15, -0.1) is 11.3 Å². The number of ether oxygens (including phenoxy) is 2. The zero-order valence-electron chi connectivity index (χ0n) is 24.2. The van der Waals surface area contributed by atoms with Crippen LogP contribution in [0.15, 0.2) is 109 Å². The Morgan fingerprint density at radius 1 is 0.860 bits per heavy atom. The number of hydrogen-bond acceptors (Lipinski definition) is 6. The molecule has 0 bridgehead atoms. The van der Waals surface area contributed by atoms with Gasteiger partial charge in [0.05, 0.1) is 23.9 Å². The van der Waals surface area contributed by atoms with Crippen molar-refractivity contribution >= 4 is 33.7 Å². The molecule has 5 rings (SSSR count). The second-order valence-corrected chi connectivity index (χ2v) is 12.2. The molecule has 5 aromatic rings. The van der Waals surface area contributed by atoms with Crippen molar-refractivity contribution in [3.05, 3.63) is 136 Å². The van der Waals surface area contributed by atoms with E-state index in [0.717, 1.165) is 46.0 Å². The molecule has 1 N–H and O–H groups in total. The average Bonchev–Trinajstić information content (AvgIpc) is 3.53. The minimum Gasteiger partial charge on any atom is -0.493 e. The van der Waals surface area contributed by atoms with E-state index >= 15 is 0 Å². The lowest BCUT2D eigenvalue weighted by Gasteiger charge is -2.28. The van der Waals surface area contributed by atoms with Crippen molar-refractivity contribution in [1.29, 1.82) is 5.26 Å². The van der Waals surface area contributed by atoms with Crippen LogP contribution in [-0.2, 0) is 30.5 Å². The normalized spacial score (nSPS) is 11.4. The number of hydrogen-bond donors (Lipinski definition) is 1. The molecule has 6 nitrogen and oxygen atoms in total. The van der Waals surface area contributed by atoms with Crippen LogP contribution in [0, 0.1) is 18.3 Å². The predicted molar refractivity (Wildman–Crippen MR) is 176 cm³/mol. The Labute approximate surface area is 259 Å². The van der Waals surface area contributed by atoms with Gasteiger partial charge >= 0.3 is 0 Å². The summed E-state index contributed by atoms with van der Waals surface area (Å²) in [7, 11) is -1.18. The molecule has 4 aromatic carbocycles. The molecule has 43 heavy (non-hydrogen) atoms. The van der Waals surface area contributed by atoms with Gasteiger partial charge < -0.3 is 19.1 Å². The van der Waals surface area contributed by atoms with E-state index in [0.29, 0.717) is 31.0 Å². The molecule has 0 radical (unpaired) electrons. The van der Waals surface area contributed by atoms with Crippen LogP contribution in [0.4, 0.5) is 11.4 Å². The van der Waals surface area contributed by atoms with E-state index < -0.39 is 11.0 Å². The lowest BCUT2D eigenvalue weighted by molar-refractivity contribution is 0.321. The largest absolute Gasteiger partial charge is 0.493 e. The monoisotopic (exact) mass is 607 g/mol. The lowest BCUT2D eigenvalue weighted by atomic mass is 10.1. The Morgan fingerprint density at radius 3 is 2.40 bits per heavy atom. The molecule has 1 heterocycles. The zero-order valence-corrected chi connectivity index (χ0v) is 25.8. The molecule has 1 aromatic heterocycles. The van der Waals surface area contributed by atoms with Crippen LogP contribution < -0.4 is 19.1 Å². The molecule has 8 heteroatoms. The van der Waals surface area contributed by atoms with E-state index in [1.54, 1.807) is 17.6 Å². The van der Waals surface area contributed by atoms with Crippen molar-refractivity contribution < 1.29 is 13.7 Å². The molecule has 0 amide bonds. The first-order chi connectivity index (χ1) is 21.0. The molecule has 0 fully saturated rings. The van der Waals surface area contributed by atoms with E-state index in [-0.39, 0.29) is 0 Å². The summed E-state index contributed by atoms with van der Waals surface area (Å²) in [5.41, 5.74) is 5.63. The molecule has 1 atom stereocenters. The molecule has 0 aliphatic carbocycles. The standard InChI is InChI=1S/C35H33N3O3S2/c1-26-34(37-43(2)39)12-5-13-35(26)38(25-29-8-3-7-28(21-29)23-36)24-27-14-16-30(17-15-27)41-32-10-4-9-31(22-32)40-19-18-33-11-6-20-42-33/h3-17,20-22,37H,18-19,24-25H2,1-2H3. The van der Waals surface area contributed by atoms with Crippen molar-refractivity contribution in [2.75, 3.05) is 22.5 Å². The molecule has 218 valence electrons. The molecule has 0 spiro atoms. The summed E-state index contributed by atoms with van der Waals surface area (Å²) in [5.74, 6) is 2.23. The number of nitrogens with zero attached hydrogens (tertiary/aromatic N) is 2. The number of nitriles is 1. The number of thiophene rings is 1. The fraction of sp³-hybridized carbons (Fsp3) is 0.171. The highest BCUT2D eigenvalue weighted by Crippen LogP contribution is 2.31. The van der Waals surface area contributed by atoms with Gasteiger partial charge in [0.25, 0.3) is 0 Å². The van der Waals surface area contributed by atoms with E-state index in [1.165, 1.54) is 4.88 Å². The van der Waals surface area contributed by atoms with Crippen LogP contribution >= 0.6 is 11.3 Å². The third-order valence-electron chi connectivity index (χ3n) is 6.86. The second kappa shape index (κ2) is 14.5. The summed E-state index contributed by atoms with van der Waals surface area (Å²) in [4.78, 5) is 3.57. The Kier molecular flexibility index (Phi) is 10.1. The van der Waals surface area contributed by atoms with Gasteiger partial charge in [-0.25, -0.2) is 4.21 Å². The van der Waals surface area contributed by atoms with Crippen LogP contribution in [0.25, 0.3) is 0 Å². The number of nitrogens with one attached hydrogen (secondary N) is 1. The molecular weight excluding hydrogens is 575 g/mol. The summed E-state index contributed by atoms with van der Waals surface area (Å²) in [5, 5.41) is 11.5. The molecule has 0 aliphatic rings. The highest BCUT2D eigenvalue weighted by Gasteiger charge is 2.15. The van der Waals surface area contributed by atoms with Gasteiger partial charge in [0.2, 0.25) is 0 Å². The van der Waals surface area contributed by atoms with E-state index in [2.05, 4.69) is 51.4 Å². The van der Waals surface area contributed by atoms with Crippen molar-refractivity contribution in [2.45, 2.75) is 26.4 Å². The van der Waals surface area contributed by atoms with Crippen molar-refractivity contribution in [3.63, 3.8) is 0 Å². The van der Waals surface area contributed by atoms with Gasteiger partial charge in [-0.3, -0.25) is 0 Å². The quantitative estimate of drug-likeness (QED) is 0.146. The maximum atomic E-state index is 11.9. The fourth-order valence-corrected chi connectivity index (χ4v) is 6.01. The van der Waals surface area contributed by atoms with Gasteiger partial charge in [-0.1, -0.05) is 42.5 Å². The number of benzene rings is 4. The number of anilines is 2. The summed E-state index contributed by atoms with van der Waals surface area (Å²) in [6.45, 7) is 3.88. The van der Waals surface area contributed by atoms with Crippen molar-refractivity contribution in [1.82, 2.24) is 0 Å². The first kappa shape index (κ1) is 29.9. The summed E-state index contributed by atoms with van der Waals surface area (Å²) in [6.07, 6.45) is 2.50. The topological polar surface area (TPSA) is 74.6 Å². The van der Waals surface area contributed by atoms with Crippen LogP contribution in [0.1, 0.15) is 27.1 Å². The summed E-state index contributed by atoms with van der Waals surface area (Å²) in [6, 6.07) is 35.8. The fourth-order valence-electron chi connectivity index (χ4n) is 4.79. The van der Waals surface area contributed by atoms with Crippen LogP contribution in [0.5, 0.6) is 17.2 Å². The Bertz CT molecular complexity index is 1710. The van der Waals surface area contributed by atoms with Crippen molar-refractivity contribution in [3.8, 4) is 23.3 Å². The highest BCUT2D eigenvalue weighted by atomic mass is 32.2. The Balaban J connectivity index is 1.30. The summed E-state index contributed by atoms with van der Waals surface area (Å²) < 4.78 is 27.0. The van der Waals surface area contributed by atoms with E-state index in [1.807, 2.05) is 79.7 Å². The first-order valence-electron chi connectivity index (χ1n) is 13.9. The maximum absolute atomic E-state index is 11.9. The van der Waals surface area contributed by atoms with Crippen molar-refractivity contribution in [2.24, 2.45) is 0 Å². The molecule has 0 saturated carbocycles. The minimum absolute atomic E-state index is 0.604. The lowest BCUT2D eigenvalue weighted by Crippen LogP contribution is -2.23. The number of rotatable bonds is 13. The molecule has 0 saturated heterocycles. The predicted octanol–water partition coefficient (Wildman–Crippen LogP) is 8.25. The Hall–Kier alpha value is -4.58. The van der Waals surface area contributed by atoms with Crippen LogP contribution in [0.3, 0.4) is 0 Å². The minimum atomic E-state index is -1.18. The van der Waals surface area contributed by atoms with Gasteiger partial charge in [0.15, 0.2) is 0 Å². The highest BCUT2D eigenvalue weighted by molar-refractivity contribution is 7.85. The summed E-state index contributed by atoms with van der Waals surface area (Å²) >= 11 is 1.74. The average molecular weight is 608 g/mol. The third kappa shape index (κ3) is 8.48. The SMILES string of the molecule is Cc1c(NS(C)=O)cccc1N(Cc1ccc(Oc2cccc(OCCc3cccs3)c2)cc1)Cc1cccc(C#N)c1. The van der Waals surface area contributed by atoms with E-state index in [9.17, 15) is 9.47 Å². The second-order valence-electron chi connectivity index (χ2n) is 10.1. The molecule has 1 unspecified atom stereocenters. The third-order valence-corrected chi connectivity index (χ3v) is 8.31. The Morgan fingerprint density at radius 2 is 1.63 bits per heavy atom.